The Kier molecular flexibility index (Phi) is 6.28. The Balaban J connectivity index is 1.82. The van der Waals surface area contributed by atoms with Crippen LogP contribution in [0.3, 0.4) is 0 Å². The van der Waals surface area contributed by atoms with Crippen LogP contribution in [0.2, 0.25) is 5.02 Å². The molecule has 1 heterocycles. The number of alkyl halides is 3. The second kappa shape index (κ2) is 8.33. The second-order valence-electron chi connectivity index (χ2n) is 7.36. The Bertz CT molecular complexity index is 1080. The molecule has 0 saturated carbocycles. The first-order valence-electron chi connectivity index (χ1n) is 9.34. The van der Waals surface area contributed by atoms with Crippen LogP contribution in [0.1, 0.15) is 19.8 Å². The van der Waals surface area contributed by atoms with E-state index in [1.54, 1.807) is 12.1 Å². The molecule has 0 spiro atoms. The SMILES string of the molecule is C[C@@](O)(C(=O)Nc1ccc(S(=O)(=O)c2ccc(N3CCCC3)cc2)cc1Cl)C(F)(F)F. The Morgan fingerprint density at radius 3 is 2.13 bits per heavy atom. The van der Waals surface area contributed by atoms with E-state index in [-0.39, 0.29) is 20.5 Å². The molecule has 3 rings (SSSR count). The Hall–Kier alpha value is -2.30. The topological polar surface area (TPSA) is 86.7 Å². The van der Waals surface area contributed by atoms with Gasteiger partial charge in [-0.25, -0.2) is 8.42 Å². The fraction of sp³-hybridized carbons (Fsp3) is 0.350. The Morgan fingerprint density at radius 1 is 1.06 bits per heavy atom. The zero-order valence-corrected chi connectivity index (χ0v) is 18.0. The Morgan fingerprint density at radius 2 is 1.61 bits per heavy atom. The van der Waals surface area contributed by atoms with E-state index in [9.17, 15) is 31.5 Å². The lowest BCUT2D eigenvalue weighted by Crippen LogP contribution is -2.52. The molecule has 1 fully saturated rings. The van der Waals surface area contributed by atoms with E-state index >= 15 is 0 Å². The highest BCUT2D eigenvalue weighted by atomic mass is 35.5. The van der Waals surface area contributed by atoms with E-state index in [0.717, 1.165) is 49.8 Å². The molecule has 1 amide bonds. The van der Waals surface area contributed by atoms with Gasteiger partial charge in [0.1, 0.15) is 0 Å². The number of rotatable bonds is 5. The van der Waals surface area contributed by atoms with E-state index in [2.05, 4.69) is 4.90 Å². The quantitative estimate of drug-likeness (QED) is 0.680. The molecule has 1 aliphatic rings. The number of hydrogen-bond acceptors (Lipinski definition) is 5. The number of nitrogens with one attached hydrogen (secondary N) is 1. The smallest absolute Gasteiger partial charge is 0.373 e. The van der Waals surface area contributed by atoms with Crippen LogP contribution in [0.5, 0.6) is 0 Å². The molecule has 0 radical (unpaired) electrons. The number of carbonyl (C=O) groups excluding carboxylic acids is 1. The molecule has 11 heteroatoms. The molecule has 0 aromatic heterocycles. The number of aliphatic hydroxyl groups is 1. The summed E-state index contributed by atoms with van der Waals surface area (Å²) in [5.41, 5.74) is -2.98. The van der Waals surface area contributed by atoms with Gasteiger partial charge in [0.15, 0.2) is 0 Å². The van der Waals surface area contributed by atoms with Crippen LogP contribution in [-0.2, 0) is 14.6 Å². The average molecular weight is 477 g/mol. The fourth-order valence-electron chi connectivity index (χ4n) is 3.08. The van der Waals surface area contributed by atoms with Crippen molar-refractivity contribution in [1.29, 1.82) is 0 Å². The van der Waals surface area contributed by atoms with Gasteiger partial charge in [0.25, 0.3) is 5.91 Å². The minimum Gasteiger partial charge on any atom is -0.373 e. The zero-order valence-electron chi connectivity index (χ0n) is 16.4. The van der Waals surface area contributed by atoms with Gasteiger partial charge < -0.3 is 15.3 Å². The highest BCUT2D eigenvalue weighted by Gasteiger charge is 2.55. The van der Waals surface area contributed by atoms with Crippen molar-refractivity contribution >= 4 is 38.7 Å². The maximum atomic E-state index is 12.9. The monoisotopic (exact) mass is 476 g/mol. The van der Waals surface area contributed by atoms with Crippen molar-refractivity contribution in [3.05, 3.63) is 47.5 Å². The average Bonchev–Trinajstić information content (AvgIpc) is 3.23. The minimum absolute atomic E-state index is 0.0308. The molecule has 168 valence electrons. The maximum Gasteiger partial charge on any atom is 0.426 e. The van der Waals surface area contributed by atoms with Crippen molar-refractivity contribution < 1.29 is 31.5 Å². The van der Waals surface area contributed by atoms with Crippen molar-refractivity contribution in [3.63, 3.8) is 0 Å². The van der Waals surface area contributed by atoms with Gasteiger partial charge in [-0.1, -0.05) is 11.6 Å². The maximum absolute atomic E-state index is 12.9. The highest BCUT2D eigenvalue weighted by molar-refractivity contribution is 7.91. The lowest BCUT2D eigenvalue weighted by molar-refractivity contribution is -0.242. The van der Waals surface area contributed by atoms with Gasteiger partial charge in [-0.05, 0) is 62.2 Å². The van der Waals surface area contributed by atoms with Gasteiger partial charge in [0.05, 0.1) is 20.5 Å². The Labute approximate surface area is 182 Å². The second-order valence-corrected chi connectivity index (χ2v) is 9.71. The van der Waals surface area contributed by atoms with E-state index in [0.29, 0.717) is 6.92 Å². The summed E-state index contributed by atoms with van der Waals surface area (Å²) in [6, 6.07) is 9.61. The van der Waals surface area contributed by atoms with Gasteiger partial charge in [-0.3, -0.25) is 4.79 Å². The van der Waals surface area contributed by atoms with E-state index in [1.165, 1.54) is 12.1 Å². The molecule has 0 unspecified atom stereocenters. The zero-order chi connectivity index (χ0) is 23.0. The van der Waals surface area contributed by atoms with Gasteiger partial charge in [0, 0.05) is 18.8 Å². The summed E-state index contributed by atoms with van der Waals surface area (Å²) in [5, 5.41) is 11.0. The molecule has 1 saturated heterocycles. The molecule has 1 aliphatic heterocycles. The van der Waals surface area contributed by atoms with Crippen LogP contribution < -0.4 is 10.2 Å². The fourth-order valence-corrected chi connectivity index (χ4v) is 4.66. The van der Waals surface area contributed by atoms with Gasteiger partial charge in [-0.15, -0.1) is 0 Å². The predicted molar refractivity (Wildman–Crippen MR) is 110 cm³/mol. The molecular weight excluding hydrogens is 457 g/mol. The number of sulfone groups is 1. The summed E-state index contributed by atoms with van der Waals surface area (Å²) in [6.07, 6.45) is -3.03. The van der Waals surface area contributed by atoms with Crippen molar-refractivity contribution in [2.24, 2.45) is 0 Å². The number of carbonyl (C=O) groups is 1. The molecule has 6 nitrogen and oxygen atoms in total. The van der Waals surface area contributed by atoms with Crippen LogP contribution >= 0.6 is 11.6 Å². The standard InChI is InChI=1S/C20H20ClF3N2O4S/c1-19(28,20(22,23)24)18(27)25-17-9-8-15(12-16(17)21)31(29,30)14-6-4-13(5-7-14)26-10-2-3-11-26/h4-9,12,28H,2-3,10-11H2,1H3,(H,25,27)/t19-/m1/s1. The summed E-state index contributed by atoms with van der Waals surface area (Å²) in [6.45, 7) is 2.13. The minimum atomic E-state index is -5.20. The van der Waals surface area contributed by atoms with Gasteiger partial charge >= 0.3 is 6.18 Å². The summed E-state index contributed by atoms with van der Waals surface area (Å²) < 4.78 is 64.2. The van der Waals surface area contributed by atoms with E-state index in [1.807, 2.05) is 5.32 Å². The third-order valence-corrected chi connectivity index (χ3v) is 7.19. The summed E-state index contributed by atoms with van der Waals surface area (Å²) in [4.78, 5) is 13.8. The van der Waals surface area contributed by atoms with Gasteiger partial charge in [0.2, 0.25) is 15.4 Å². The molecular formula is C20H20ClF3N2O4S. The summed E-state index contributed by atoms with van der Waals surface area (Å²) in [5.74, 6) is -1.74. The van der Waals surface area contributed by atoms with Gasteiger partial charge in [-0.2, -0.15) is 13.2 Å². The number of hydrogen-bond donors (Lipinski definition) is 2. The third kappa shape index (κ3) is 4.65. The van der Waals surface area contributed by atoms with Crippen molar-refractivity contribution in [1.82, 2.24) is 0 Å². The van der Waals surface area contributed by atoms with Crippen molar-refractivity contribution in [2.45, 2.75) is 41.3 Å². The predicted octanol–water partition coefficient (Wildman–Crippen LogP) is 4.02. The van der Waals surface area contributed by atoms with Crippen LogP contribution in [0.15, 0.2) is 52.3 Å². The van der Waals surface area contributed by atoms with E-state index < -0.39 is 27.5 Å². The van der Waals surface area contributed by atoms with Crippen LogP contribution in [0, 0.1) is 0 Å². The molecule has 31 heavy (non-hydrogen) atoms. The van der Waals surface area contributed by atoms with Crippen molar-refractivity contribution in [2.75, 3.05) is 23.3 Å². The molecule has 0 bridgehead atoms. The number of nitrogens with zero attached hydrogens (tertiary/aromatic N) is 1. The lowest BCUT2D eigenvalue weighted by Gasteiger charge is -2.25. The number of halogens is 4. The summed E-state index contributed by atoms with van der Waals surface area (Å²) in [7, 11) is -3.94. The lowest BCUT2D eigenvalue weighted by atomic mass is 10.1. The van der Waals surface area contributed by atoms with Crippen molar-refractivity contribution in [3.8, 4) is 0 Å². The van der Waals surface area contributed by atoms with Crippen LogP contribution in [-0.4, -0.2) is 44.3 Å². The molecule has 2 aromatic rings. The van der Waals surface area contributed by atoms with Crippen LogP contribution in [0.25, 0.3) is 0 Å². The molecule has 1 atom stereocenters. The van der Waals surface area contributed by atoms with Crippen LogP contribution in [0.4, 0.5) is 24.5 Å². The number of anilines is 2. The first-order chi connectivity index (χ1) is 14.3. The first kappa shape index (κ1) is 23.4. The molecule has 2 aromatic carbocycles. The third-order valence-electron chi connectivity index (χ3n) is 5.11. The largest absolute Gasteiger partial charge is 0.426 e. The molecule has 2 N–H and O–H groups in total. The normalized spacial score (nSPS) is 16.8. The highest BCUT2D eigenvalue weighted by Crippen LogP contribution is 2.34. The molecule has 0 aliphatic carbocycles. The number of amides is 1. The van der Waals surface area contributed by atoms with E-state index in [4.69, 9.17) is 11.6 Å². The first-order valence-corrected chi connectivity index (χ1v) is 11.2. The summed E-state index contributed by atoms with van der Waals surface area (Å²) >= 11 is 5.99. The number of benzene rings is 2.